The van der Waals surface area contributed by atoms with Crippen molar-refractivity contribution in [3.8, 4) is 0 Å². The summed E-state index contributed by atoms with van der Waals surface area (Å²) < 4.78 is 0. The fourth-order valence-corrected chi connectivity index (χ4v) is 8.43. The average molecular weight is 423 g/mol. The van der Waals surface area contributed by atoms with Gasteiger partial charge in [-0.2, -0.15) is 0 Å². The van der Waals surface area contributed by atoms with Crippen LogP contribution in [-0.2, 0) is 9.59 Å². The number of rotatable bonds is 9. The minimum atomic E-state index is 0.163. The number of carbonyl (C=O) groups excluding carboxylic acids is 2. The number of hydrogen-bond donors (Lipinski definition) is 2. The van der Waals surface area contributed by atoms with E-state index >= 15 is 0 Å². The van der Waals surface area contributed by atoms with E-state index in [0.717, 1.165) is 25.9 Å². The summed E-state index contributed by atoms with van der Waals surface area (Å²) in [6.07, 6.45) is 14.0. The summed E-state index contributed by atoms with van der Waals surface area (Å²) in [5.41, 5.74) is 0.163. The highest BCUT2D eigenvalue weighted by Crippen LogP contribution is 2.67. The Bertz CT molecular complexity index is 808. The quantitative estimate of drug-likeness (QED) is 0.555. The Balaban J connectivity index is 0.894. The van der Waals surface area contributed by atoms with Gasteiger partial charge in [-0.15, -0.1) is 0 Å². The van der Waals surface area contributed by atoms with Gasteiger partial charge in [0, 0.05) is 24.9 Å². The molecule has 2 amide bonds. The Labute approximate surface area is 186 Å². The molecule has 0 heterocycles. The second-order valence-corrected chi connectivity index (χ2v) is 12.5. The predicted octanol–water partition coefficient (Wildman–Crippen LogP) is 3.80. The Morgan fingerprint density at radius 2 is 1.29 bits per heavy atom. The molecule has 4 fully saturated rings. The van der Waals surface area contributed by atoms with E-state index in [4.69, 9.17) is 0 Å². The number of carbonyl (C=O) groups is 2. The first-order valence-electron chi connectivity index (χ1n) is 12.8. The first-order chi connectivity index (χ1) is 14.8. The molecule has 9 atom stereocenters. The first kappa shape index (κ1) is 20.1. The largest absolute Gasteiger partial charge is 0.356 e. The molecule has 0 saturated heterocycles. The SMILES string of the molecule is CC(CNC(=O)C1C2C3C=CC(C3)C12)CC(C)(C)CCNC(=O)C1C2C3C=CC(C3)C12. The van der Waals surface area contributed by atoms with Crippen LogP contribution in [0.5, 0.6) is 0 Å². The molecular weight excluding hydrogens is 384 g/mol. The molecule has 0 aromatic rings. The predicted molar refractivity (Wildman–Crippen MR) is 121 cm³/mol. The molecule has 0 aromatic heterocycles. The lowest BCUT2D eigenvalue weighted by atomic mass is 9.80. The Morgan fingerprint density at radius 3 is 1.77 bits per heavy atom. The molecule has 0 aliphatic heterocycles. The monoisotopic (exact) mass is 422 g/mol. The van der Waals surface area contributed by atoms with E-state index in [1.54, 1.807) is 0 Å². The molecular formula is C27H38N2O2. The van der Waals surface area contributed by atoms with E-state index in [1.807, 2.05) is 0 Å². The van der Waals surface area contributed by atoms with Crippen molar-refractivity contribution in [1.29, 1.82) is 0 Å². The van der Waals surface area contributed by atoms with Gasteiger partial charge in [-0.25, -0.2) is 0 Å². The number of amides is 2. The molecule has 168 valence electrons. The van der Waals surface area contributed by atoms with E-state index in [0.29, 0.717) is 65.1 Å². The van der Waals surface area contributed by atoms with Crippen molar-refractivity contribution < 1.29 is 9.59 Å². The third-order valence-corrected chi connectivity index (χ3v) is 9.78. The standard InChI is InChI=1S/C27H38N2O2/c1-14(13-29-26(31)24-21-17-6-7-18(11-17)22(21)24)12-27(2,3)8-9-28-25(30)23-19-15-4-5-16(10-15)20(19)23/h4-7,14-24H,8-13H2,1-3H3,(H,28,30)(H,29,31). The van der Waals surface area contributed by atoms with Crippen molar-refractivity contribution >= 4 is 11.8 Å². The Kier molecular flexibility index (Phi) is 4.50. The molecule has 0 spiro atoms. The molecule has 6 aliphatic carbocycles. The van der Waals surface area contributed by atoms with Gasteiger partial charge in [-0.3, -0.25) is 9.59 Å². The summed E-state index contributed by atoms with van der Waals surface area (Å²) in [4.78, 5) is 25.3. The summed E-state index contributed by atoms with van der Waals surface area (Å²) in [6, 6.07) is 0. The van der Waals surface area contributed by atoms with Crippen molar-refractivity contribution in [3.05, 3.63) is 24.3 Å². The van der Waals surface area contributed by atoms with Gasteiger partial charge in [0.2, 0.25) is 11.8 Å². The number of fused-ring (bicyclic) bond motifs is 10. The molecule has 6 aliphatic rings. The normalized spacial score (nSPS) is 45.4. The summed E-state index contributed by atoms with van der Waals surface area (Å²) >= 11 is 0. The zero-order chi connectivity index (χ0) is 21.5. The van der Waals surface area contributed by atoms with Crippen molar-refractivity contribution in [2.45, 2.75) is 46.5 Å². The van der Waals surface area contributed by atoms with E-state index in [9.17, 15) is 9.59 Å². The fraction of sp³-hybridized carbons (Fsp3) is 0.778. The topological polar surface area (TPSA) is 58.2 Å². The van der Waals surface area contributed by atoms with Gasteiger partial charge in [0.15, 0.2) is 0 Å². The van der Waals surface area contributed by atoms with Crippen molar-refractivity contribution in [1.82, 2.24) is 10.6 Å². The molecule has 6 rings (SSSR count). The zero-order valence-corrected chi connectivity index (χ0v) is 19.2. The van der Waals surface area contributed by atoms with Gasteiger partial charge < -0.3 is 10.6 Å². The van der Waals surface area contributed by atoms with Gasteiger partial charge >= 0.3 is 0 Å². The van der Waals surface area contributed by atoms with Crippen molar-refractivity contribution in [2.24, 2.45) is 70.5 Å². The molecule has 4 bridgehead atoms. The minimum absolute atomic E-state index is 0.163. The lowest BCUT2D eigenvalue weighted by molar-refractivity contribution is -0.124. The summed E-state index contributed by atoms with van der Waals surface area (Å²) in [6.45, 7) is 8.37. The molecule has 4 saturated carbocycles. The lowest BCUT2D eigenvalue weighted by Crippen LogP contribution is -2.34. The molecule has 0 aromatic carbocycles. The highest BCUT2D eigenvalue weighted by Gasteiger charge is 2.66. The van der Waals surface area contributed by atoms with Crippen LogP contribution in [0.15, 0.2) is 24.3 Å². The maximum absolute atomic E-state index is 12.7. The van der Waals surface area contributed by atoms with Crippen LogP contribution in [0.2, 0.25) is 0 Å². The zero-order valence-electron chi connectivity index (χ0n) is 19.2. The number of nitrogens with one attached hydrogen (secondary N) is 2. The molecule has 4 heteroatoms. The molecule has 0 radical (unpaired) electrons. The summed E-state index contributed by atoms with van der Waals surface area (Å²) in [7, 11) is 0. The van der Waals surface area contributed by atoms with Crippen LogP contribution < -0.4 is 10.6 Å². The van der Waals surface area contributed by atoms with Crippen LogP contribution in [0, 0.1) is 70.5 Å². The van der Waals surface area contributed by atoms with Crippen molar-refractivity contribution in [3.63, 3.8) is 0 Å². The third-order valence-electron chi connectivity index (χ3n) is 9.78. The number of allylic oxidation sites excluding steroid dienone is 4. The smallest absolute Gasteiger partial charge is 0.223 e. The van der Waals surface area contributed by atoms with Gasteiger partial charge in [0.05, 0.1) is 0 Å². The van der Waals surface area contributed by atoms with Gasteiger partial charge in [0.25, 0.3) is 0 Å². The van der Waals surface area contributed by atoms with Gasteiger partial charge in [0.1, 0.15) is 0 Å². The second-order valence-electron chi connectivity index (χ2n) is 12.5. The van der Waals surface area contributed by atoms with Crippen molar-refractivity contribution in [2.75, 3.05) is 13.1 Å². The maximum Gasteiger partial charge on any atom is 0.223 e. The van der Waals surface area contributed by atoms with E-state index in [-0.39, 0.29) is 17.3 Å². The molecule has 31 heavy (non-hydrogen) atoms. The van der Waals surface area contributed by atoms with Crippen LogP contribution >= 0.6 is 0 Å². The molecule has 9 unspecified atom stereocenters. The van der Waals surface area contributed by atoms with E-state index < -0.39 is 0 Å². The summed E-state index contributed by atoms with van der Waals surface area (Å²) in [5, 5.41) is 6.50. The van der Waals surface area contributed by atoms with Gasteiger partial charge in [-0.05, 0) is 84.4 Å². The Morgan fingerprint density at radius 1 is 0.839 bits per heavy atom. The fourth-order valence-electron chi connectivity index (χ4n) is 8.43. The van der Waals surface area contributed by atoms with E-state index in [1.165, 1.54) is 12.8 Å². The van der Waals surface area contributed by atoms with E-state index in [2.05, 4.69) is 55.7 Å². The average Bonchev–Trinajstić information content (AvgIpc) is 3.38. The summed E-state index contributed by atoms with van der Waals surface area (Å²) in [5.74, 6) is 6.89. The minimum Gasteiger partial charge on any atom is -0.356 e. The van der Waals surface area contributed by atoms with Crippen LogP contribution in [0.4, 0.5) is 0 Å². The lowest BCUT2D eigenvalue weighted by Gasteiger charge is -2.28. The second kappa shape index (κ2) is 6.96. The third kappa shape index (κ3) is 3.31. The van der Waals surface area contributed by atoms with Gasteiger partial charge in [-0.1, -0.05) is 45.1 Å². The number of hydrogen-bond acceptors (Lipinski definition) is 2. The highest BCUT2D eigenvalue weighted by atomic mass is 16.2. The molecule has 4 nitrogen and oxygen atoms in total. The molecule has 2 N–H and O–H groups in total. The van der Waals surface area contributed by atoms with Crippen LogP contribution in [0.1, 0.15) is 46.5 Å². The Hall–Kier alpha value is -1.58. The van der Waals surface area contributed by atoms with Crippen LogP contribution in [0.3, 0.4) is 0 Å². The first-order valence-corrected chi connectivity index (χ1v) is 12.8. The highest BCUT2D eigenvalue weighted by molar-refractivity contribution is 5.83. The van der Waals surface area contributed by atoms with Crippen LogP contribution in [-0.4, -0.2) is 24.9 Å². The van der Waals surface area contributed by atoms with Crippen LogP contribution in [0.25, 0.3) is 0 Å². The maximum atomic E-state index is 12.7.